The van der Waals surface area contributed by atoms with Gasteiger partial charge in [-0.2, -0.15) is 0 Å². The number of piperazine rings is 1. The first-order valence-corrected chi connectivity index (χ1v) is 13.5. The maximum Gasteiger partial charge on any atom is 0.292 e. The fourth-order valence-electron chi connectivity index (χ4n) is 4.98. The van der Waals surface area contributed by atoms with Gasteiger partial charge in [0.2, 0.25) is 5.91 Å². The standard InChI is InChI=1S/C28H28Cl2N4O4/c29-23-6-4-5-22(28(23)30)26-11-8-21(38-26)9-12-27(35)33-17-15-31(16-18-33)20-7-10-24(34(36)37)25(19-20)32-13-2-1-3-14-32/h4-12,19H,1-3,13-18H2/b12-9+. The molecule has 2 saturated heterocycles. The van der Waals surface area contributed by atoms with Gasteiger partial charge in [0, 0.05) is 62.7 Å². The molecular formula is C28H28Cl2N4O4. The van der Waals surface area contributed by atoms with Gasteiger partial charge in [-0.3, -0.25) is 14.9 Å². The van der Waals surface area contributed by atoms with Gasteiger partial charge >= 0.3 is 0 Å². The second-order valence-corrected chi connectivity index (χ2v) is 10.2. The lowest BCUT2D eigenvalue weighted by Crippen LogP contribution is -2.48. The maximum atomic E-state index is 12.8. The molecule has 3 heterocycles. The van der Waals surface area contributed by atoms with Crippen LogP contribution in [0.15, 0.2) is 59.0 Å². The zero-order valence-corrected chi connectivity index (χ0v) is 22.3. The van der Waals surface area contributed by atoms with Crippen molar-refractivity contribution < 1.29 is 14.1 Å². The highest BCUT2D eigenvalue weighted by Gasteiger charge is 2.25. The average Bonchev–Trinajstić information content (AvgIpc) is 3.42. The summed E-state index contributed by atoms with van der Waals surface area (Å²) >= 11 is 12.4. The van der Waals surface area contributed by atoms with E-state index in [1.165, 1.54) is 6.08 Å². The Morgan fingerprint density at radius 1 is 0.921 bits per heavy atom. The van der Waals surface area contributed by atoms with Gasteiger partial charge in [-0.1, -0.05) is 29.3 Å². The number of amides is 1. The number of hydrogen-bond donors (Lipinski definition) is 0. The Kier molecular flexibility index (Phi) is 7.90. The second-order valence-electron chi connectivity index (χ2n) is 9.43. The highest BCUT2D eigenvalue weighted by atomic mass is 35.5. The summed E-state index contributed by atoms with van der Waals surface area (Å²) in [6.45, 7) is 4.08. The van der Waals surface area contributed by atoms with E-state index in [1.807, 2.05) is 18.2 Å². The van der Waals surface area contributed by atoms with Crippen molar-refractivity contribution in [1.82, 2.24) is 4.90 Å². The third-order valence-electron chi connectivity index (χ3n) is 7.04. The Bertz CT molecular complexity index is 1360. The molecule has 0 bridgehead atoms. The lowest BCUT2D eigenvalue weighted by Gasteiger charge is -2.36. The Hall–Kier alpha value is -3.49. The van der Waals surface area contributed by atoms with Gasteiger partial charge in [0.15, 0.2) is 0 Å². The van der Waals surface area contributed by atoms with E-state index >= 15 is 0 Å². The quantitative estimate of drug-likeness (QED) is 0.196. The van der Waals surface area contributed by atoms with E-state index < -0.39 is 0 Å². The summed E-state index contributed by atoms with van der Waals surface area (Å²) in [4.78, 5) is 30.3. The number of rotatable bonds is 6. The van der Waals surface area contributed by atoms with Crippen molar-refractivity contribution >= 4 is 52.2 Å². The molecule has 2 aliphatic heterocycles. The SMILES string of the molecule is O=C(/C=C/c1ccc(-c2cccc(Cl)c2Cl)o1)N1CCN(c2ccc([N+](=O)[O-])c(N3CCCCC3)c2)CC1. The van der Waals surface area contributed by atoms with Gasteiger partial charge in [0.1, 0.15) is 17.2 Å². The molecule has 0 spiro atoms. The summed E-state index contributed by atoms with van der Waals surface area (Å²) in [5.41, 5.74) is 2.47. The number of nitro groups is 1. The summed E-state index contributed by atoms with van der Waals surface area (Å²) in [5.74, 6) is 1.02. The molecule has 0 radical (unpaired) electrons. The molecule has 0 saturated carbocycles. The number of carbonyl (C=O) groups is 1. The highest BCUT2D eigenvalue weighted by molar-refractivity contribution is 6.43. The fourth-order valence-corrected chi connectivity index (χ4v) is 5.37. The van der Waals surface area contributed by atoms with Crippen LogP contribution in [-0.2, 0) is 4.79 Å². The lowest BCUT2D eigenvalue weighted by molar-refractivity contribution is -0.384. The van der Waals surface area contributed by atoms with Crippen molar-refractivity contribution in [3.8, 4) is 11.3 Å². The van der Waals surface area contributed by atoms with E-state index in [2.05, 4.69) is 9.80 Å². The van der Waals surface area contributed by atoms with Crippen LogP contribution in [-0.4, -0.2) is 55.0 Å². The van der Waals surface area contributed by atoms with Crippen LogP contribution in [0.5, 0.6) is 0 Å². The van der Waals surface area contributed by atoms with Crippen LogP contribution in [0.3, 0.4) is 0 Å². The Morgan fingerprint density at radius 2 is 1.68 bits per heavy atom. The molecule has 198 valence electrons. The number of halogens is 2. The monoisotopic (exact) mass is 554 g/mol. The van der Waals surface area contributed by atoms with E-state index in [0.29, 0.717) is 59.0 Å². The summed E-state index contributed by atoms with van der Waals surface area (Å²) in [6, 6.07) is 14.3. The van der Waals surface area contributed by atoms with E-state index in [9.17, 15) is 14.9 Å². The minimum atomic E-state index is -0.303. The van der Waals surface area contributed by atoms with Crippen molar-refractivity contribution in [2.45, 2.75) is 19.3 Å². The minimum Gasteiger partial charge on any atom is -0.457 e. The number of carbonyl (C=O) groups excluding carboxylic acids is 1. The number of benzene rings is 2. The first kappa shape index (κ1) is 26.1. The van der Waals surface area contributed by atoms with Crippen molar-refractivity contribution in [3.63, 3.8) is 0 Å². The molecule has 1 aromatic heterocycles. The molecule has 5 rings (SSSR count). The number of nitrogens with zero attached hydrogens (tertiary/aromatic N) is 4. The first-order chi connectivity index (χ1) is 18.4. The zero-order valence-electron chi connectivity index (χ0n) is 20.8. The zero-order chi connectivity index (χ0) is 26.6. The third kappa shape index (κ3) is 5.66. The van der Waals surface area contributed by atoms with Gasteiger partial charge < -0.3 is 19.1 Å². The van der Waals surface area contributed by atoms with Gasteiger partial charge in [0.25, 0.3) is 5.69 Å². The summed E-state index contributed by atoms with van der Waals surface area (Å²) in [5, 5.41) is 12.5. The molecule has 1 amide bonds. The summed E-state index contributed by atoms with van der Waals surface area (Å²) < 4.78 is 5.85. The third-order valence-corrected chi connectivity index (χ3v) is 7.86. The van der Waals surface area contributed by atoms with Gasteiger partial charge in [-0.05, 0) is 61.7 Å². The van der Waals surface area contributed by atoms with Gasteiger partial charge in [-0.15, -0.1) is 0 Å². The number of anilines is 2. The van der Waals surface area contributed by atoms with Crippen LogP contribution in [0.1, 0.15) is 25.0 Å². The smallest absolute Gasteiger partial charge is 0.292 e. The van der Waals surface area contributed by atoms with Crippen LogP contribution in [0, 0.1) is 10.1 Å². The fraction of sp³-hybridized carbons (Fsp3) is 0.321. The second kappa shape index (κ2) is 11.5. The Labute approximate surface area is 231 Å². The number of furan rings is 1. The minimum absolute atomic E-state index is 0.0962. The van der Waals surface area contributed by atoms with Crippen LogP contribution < -0.4 is 9.80 Å². The van der Waals surface area contributed by atoms with E-state index in [4.69, 9.17) is 27.6 Å². The normalized spacial score (nSPS) is 16.3. The number of hydrogen-bond acceptors (Lipinski definition) is 6. The average molecular weight is 555 g/mol. The first-order valence-electron chi connectivity index (χ1n) is 12.7. The van der Waals surface area contributed by atoms with Crippen molar-refractivity contribution in [2.24, 2.45) is 0 Å². The largest absolute Gasteiger partial charge is 0.457 e. The van der Waals surface area contributed by atoms with Crippen molar-refractivity contribution in [3.05, 3.63) is 80.5 Å². The van der Waals surface area contributed by atoms with Crippen molar-refractivity contribution in [2.75, 3.05) is 49.1 Å². The Balaban J connectivity index is 1.21. The van der Waals surface area contributed by atoms with E-state index in [1.54, 1.807) is 41.3 Å². The molecule has 0 atom stereocenters. The highest BCUT2D eigenvalue weighted by Crippen LogP contribution is 2.36. The maximum absolute atomic E-state index is 12.8. The van der Waals surface area contributed by atoms with E-state index in [-0.39, 0.29) is 16.5 Å². The molecular weight excluding hydrogens is 527 g/mol. The van der Waals surface area contributed by atoms with Gasteiger partial charge in [0.05, 0.1) is 15.0 Å². The number of piperidine rings is 1. The molecule has 3 aromatic rings. The molecule has 2 fully saturated rings. The van der Waals surface area contributed by atoms with Gasteiger partial charge in [-0.25, -0.2) is 0 Å². The van der Waals surface area contributed by atoms with E-state index in [0.717, 1.165) is 38.0 Å². The topological polar surface area (TPSA) is 83.1 Å². The Morgan fingerprint density at radius 3 is 2.42 bits per heavy atom. The summed E-state index contributed by atoms with van der Waals surface area (Å²) in [7, 11) is 0. The summed E-state index contributed by atoms with van der Waals surface area (Å²) in [6.07, 6.45) is 6.41. The van der Waals surface area contributed by atoms with Crippen molar-refractivity contribution in [1.29, 1.82) is 0 Å². The molecule has 10 heteroatoms. The molecule has 8 nitrogen and oxygen atoms in total. The predicted molar refractivity (Wildman–Crippen MR) is 151 cm³/mol. The van der Waals surface area contributed by atoms with Crippen LogP contribution in [0.4, 0.5) is 17.1 Å². The predicted octanol–water partition coefficient (Wildman–Crippen LogP) is 6.51. The van der Waals surface area contributed by atoms with Crippen LogP contribution >= 0.6 is 23.2 Å². The molecule has 0 unspecified atom stereocenters. The van der Waals surface area contributed by atoms with Crippen LogP contribution in [0.2, 0.25) is 10.0 Å². The van der Waals surface area contributed by atoms with Crippen LogP contribution in [0.25, 0.3) is 17.4 Å². The number of nitro benzene ring substituents is 1. The molecule has 2 aliphatic rings. The molecule has 0 aliphatic carbocycles. The molecule has 2 aromatic carbocycles. The lowest BCUT2D eigenvalue weighted by atomic mass is 10.1. The molecule has 0 N–H and O–H groups in total. The molecule has 38 heavy (non-hydrogen) atoms.